The van der Waals surface area contributed by atoms with Gasteiger partial charge in [0, 0.05) is 25.8 Å². The lowest BCUT2D eigenvalue weighted by Crippen LogP contribution is -2.27. The SMILES string of the molecule is CC(C)CCCCCCNC(=O)c1cc(S(=O)(=O)N2CCCC2)c[nH]1. The maximum Gasteiger partial charge on any atom is 0.267 e. The van der Waals surface area contributed by atoms with Crippen molar-refractivity contribution in [3.63, 3.8) is 0 Å². The molecule has 0 bridgehead atoms. The quantitative estimate of drug-likeness (QED) is 0.622. The molecule has 0 aromatic carbocycles. The molecule has 2 rings (SSSR count). The Morgan fingerprint density at radius 3 is 2.56 bits per heavy atom. The van der Waals surface area contributed by atoms with Crippen molar-refractivity contribution in [2.45, 2.75) is 63.7 Å². The molecule has 1 saturated heterocycles. The molecule has 6 nitrogen and oxygen atoms in total. The van der Waals surface area contributed by atoms with Crippen molar-refractivity contribution in [1.29, 1.82) is 0 Å². The van der Waals surface area contributed by atoms with Crippen LogP contribution in [0.5, 0.6) is 0 Å². The minimum atomic E-state index is -3.47. The van der Waals surface area contributed by atoms with Crippen LogP contribution in [0.3, 0.4) is 0 Å². The molecular formula is C18H31N3O3S. The van der Waals surface area contributed by atoms with E-state index in [9.17, 15) is 13.2 Å². The van der Waals surface area contributed by atoms with E-state index in [1.807, 2.05) is 0 Å². The molecule has 0 spiro atoms. The van der Waals surface area contributed by atoms with Crippen LogP contribution in [0.15, 0.2) is 17.2 Å². The second-order valence-electron chi connectivity index (χ2n) is 7.21. The molecule has 1 amide bonds. The van der Waals surface area contributed by atoms with Crippen LogP contribution in [0.4, 0.5) is 0 Å². The largest absolute Gasteiger partial charge is 0.356 e. The Morgan fingerprint density at radius 1 is 1.20 bits per heavy atom. The van der Waals surface area contributed by atoms with Crippen LogP contribution in [-0.4, -0.2) is 43.2 Å². The summed E-state index contributed by atoms with van der Waals surface area (Å²) in [5.41, 5.74) is 0.303. The standard InChI is InChI=1S/C18H31N3O3S/c1-15(2)9-5-3-4-6-10-19-18(22)17-13-16(14-20-17)25(23,24)21-11-7-8-12-21/h13-15,20H,3-12H2,1-2H3,(H,19,22). The molecule has 2 N–H and O–H groups in total. The highest BCUT2D eigenvalue weighted by atomic mass is 32.2. The zero-order valence-corrected chi connectivity index (χ0v) is 16.2. The van der Waals surface area contributed by atoms with Crippen molar-refractivity contribution in [3.8, 4) is 0 Å². The van der Waals surface area contributed by atoms with Crippen LogP contribution in [0.25, 0.3) is 0 Å². The van der Waals surface area contributed by atoms with Gasteiger partial charge in [0.15, 0.2) is 0 Å². The molecule has 1 aromatic heterocycles. The number of nitrogens with zero attached hydrogens (tertiary/aromatic N) is 1. The molecule has 1 aliphatic heterocycles. The lowest BCUT2D eigenvalue weighted by Gasteiger charge is -2.13. The number of H-pyrrole nitrogens is 1. The number of carbonyl (C=O) groups is 1. The second kappa shape index (κ2) is 9.38. The Kier molecular flexibility index (Phi) is 7.50. The zero-order valence-electron chi connectivity index (χ0n) is 15.4. The summed E-state index contributed by atoms with van der Waals surface area (Å²) in [7, 11) is -3.47. The highest BCUT2D eigenvalue weighted by Gasteiger charge is 2.28. The van der Waals surface area contributed by atoms with Gasteiger partial charge in [-0.2, -0.15) is 4.31 Å². The Bertz CT molecular complexity index is 646. The highest BCUT2D eigenvalue weighted by Crippen LogP contribution is 2.21. The van der Waals surface area contributed by atoms with E-state index in [4.69, 9.17) is 0 Å². The van der Waals surface area contributed by atoms with Gasteiger partial charge in [-0.25, -0.2) is 8.42 Å². The van der Waals surface area contributed by atoms with Crippen LogP contribution < -0.4 is 5.32 Å². The first-order chi connectivity index (χ1) is 11.9. The first-order valence-corrected chi connectivity index (χ1v) is 10.8. The average molecular weight is 370 g/mol. The topological polar surface area (TPSA) is 82.3 Å². The fourth-order valence-corrected chi connectivity index (χ4v) is 4.57. The van der Waals surface area contributed by atoms with Gasteiger partial charge in [0.1, 0.15) is 10.6 Å². The number of hydrogen-bond acceptors (Lipinski definition) is 3. The molecule has 1 aromatic rings. The minimum absolute atomic E-state index is 0.174. The van der Waals surface area contributed by atoms with Gasteiger partial charge in [-0.3, -0.25) is 4.79 Å². The smallest absolute Gasteiger partial charge is 0.267 e. The maximum atomic E-state index is 12.5. The molecule has 7 heteroatoms. The van der Waals surface area contributed by atoms with Gasteiger partial charge >= 0.3 is 0 Å². The van der Waals surface area contributed by atoms with Crippen molar-refractivity contribution < 1.29 is 13.2 Å². The molecule has 0 unspecified atom stereocenters. The number of nitrogens with one attached hydrogen (secondary N) is 2. The maximum absolute atomic E-state index is 12.5. The van der Waals surface area contributed by atoms with E-state index in [1.165, 1.54) is 35.8 Å². The van der Waals surface area contributed by atoms with E-state index >= 15 is 0 Å². The predicted molar refractivity (Wildman–Crippen MR) is 99.0 cm³/mol. The third-order valence-corrected chi connectivity index (χ3v) is 6.47. The van der Waals surface area contributed by atoms with E-state index in [1.54, 1.807) is 0 Å². The van der Waals surface area contributed by atoms with Gasteiger partial charge in [-0.1, -0.05) is 39.5 Å². The monoisotopic (exact) mass is 369 g/mol. The number of aromatic nitrogens is 1. The van der Waals surface area contributed by atoms with Crippen molar-refractivity contribution in [2.75, 3.05) is 19.6 Å². The molecule has 142 valence electrons. The summed E-state index contributed by atoms with van der Waals surface area (Å²) in [5, 5.41) is 2.85. The van der Waals surface area contributed by atoms with E-state index in [-0.39, 0.29) is 10.8 Å². The number of amides is 1. The van der Waals surface area contributed by atoms with Crippen LogP contribution >= 0.6 is 0 Å². The molecule has 0 atom stereocenters. The predicted octanol–water partition coefficient (Wildman–Crippen LogP) is 3.14. The molecule has 25 heavy (non-hydrogen) atoms. The Hall–Kier alpha value is -1.34. The molecule has 2 heterocycles. The fraction of sp³-hybridized carbons (Fsp3) is 0.722. The van der Waals surface area contributed by atoms with Crippen molar-refractivity contribution in [3.05, 3.63) is 18.0 Å². The number of rotatable bonds is 10. The summed E-state index contributed by atoms with van der Waals surface area (Å²) in [4.78, 5) is 15.1. The van der Waals surface area contributed by atoms with Gasteiger partial charge in [0.05, 0.1) is 0 Å². The second-order valence-corrected chi connectivity index (χ2v) is 9.15. The van der Waals surface area contributed by atoms with Crippen LogP contribution in [0.1, 0.15) is 69.3 Å². The van der Waals surface area contributed by atoms with Gasteiger partial charge in [-0.15, -0.1) is 0 Å². The summed E-state index contributed by atoms with van der Waals surface area (Å²) in [6, 6.07) is 1.44. The fourth-order valence-electron chi connectivity index (χ4n) is 3.06. The number of unbranched alkanes of at least 4 members (excludes halogenated alkanes) is 3. The zero-order chi connectivity index (χ0) is 18.3. The van der Waals surface area contributed by atoms with E-state index < -0.39 is 10.0 Å². The van der Waals surface area contributed by atoms with Gasteiger partial charge in [0.25, 0.3) is 5.91 Å². The number of carbonyl (C=O) groups excluding carboxylic acids is 1. The lowest BCUT2D eigenvalue weighted by molar-refractivity contribution is 0.0948. The van der Waals surface area contributed by atoms with Gasteiger partial charge in [0.2, 0.25) is 10.0 Å². The molecule has 0 radical (unpaired) electrons. The lowest BCUT2D eigenvalue weighted by atomic mass is 10.0. The van der Waals surface area contributed by atoms with Crippen molar-refractivity contribution in [2.24, 2.45) is 5.92 Å². The number of hydrogen-bond donors (Lipinski definition) is 2. The van der Waals surface area contributed by atoms with E-state index in [2.05, 4.69) is 24.1 Å². The first-order valence-electron chi connectivity index (χ1n) is 9.38. The molecule has 0 aliphatic carbocycles. The normalized spacial score (nSPS) is 15.8. The highest BCUT2D eigenvalue weighted by molar-refractivity contribution is 7.89. The number of sulfonamides is 1. The number of aromatic amines is 1. The average Bonchev–Trinajstić information content (AvgIpc) is 3.25. The third kappa shape index (κ3) is 5.85. The van der Waals surface area contributed by atoms with E-state index in [0.717, 1.165) is 31.6 Å². The summed E-state index contributed by atoms with van der Waals surface area (Å²) in [5.74, 6) is 0.503. The molecular weight excluding hydrogens is 338 g/mol. The van der Waals surface area contributed by atoms with Crippen LogP contribution in [0, 0.1) is 5.92 Å². The third-order valence-electron chi connectivity index (χ3n) is 4.60. The molecule has 1 fully saturated rings. The van der Waals surface area contributed by atoms with E-state index in [0.29, 0.717) is 25.3 Å². The summed E-state index contributed by atoms with van der Waals surface area (Å²) in [6.07, 6.45) is 8.93. The summed E-state index contributed by atoms with van der Waals surface area (Å²) in [6.45, 7) is 6.20. The first kappa shape index (κ1) is 20.0. The van der Waals surface area contributed by atoms with Crippen LogP contribution in [0.2, 0.25) is 0 Å². The summed E-state index contributed by atoms with van der Waals surface area (Å²) < 4.78 is 26.4. The van der Waals surface area contributed by atoms with Gasteiger partial charge in [-0.05, 0) is 31.2 Å². The van der Waals surface area contributed by atoms with Crippen molar-refractivity contribution >= 4 is 15.9 Å². The Morgan fingerprint density at radius 2 is 1.88 bits per heavy atom. The molecule has 0 saturated carbocycles. The van der Waals surface area contributed by atoms with Gasteiger partial charge < -0.3 is 10.3 Å². The molecule has 1 aliphatic rings. The van der Waals surface area contributed by atoms with Crippen LogP contribution in [-0.2, 0) is 10.0 Å². The van der Waals surface area contributed by atoms with Crippen molar-refractivity contribution in [1.82, 2.24) is 14.6 Å². The Balaban J connectivity index is 1.75. The summed E-state index contributed by atoms with van der Waals surface area (Å²) >= 11 is 0. The minimum Gasteiger partial charge on any atom is -0.356 e. The Labute approximate surface area is 151 Å².